The molecule has 1 aromatic heterocycles. The number of terminal acetylenes is 1. The molecule has 7 heteroatoms. The van der Waals surface area contributed by atoms with Crippen molar-refractivity contribution in [2.24, 2.45) is 5.92 Å². The van der Waals surface area contributed by atoms with E-state index in [1.165, 1.54) is 12.5 Å². The van der Waals surface area contributed by atoms with Gasteiger partial charge in [0.1, 0.15) is 6.17 Å². The number of nitrogens with one attached hydrogen (secondary N) is 1. The highest BCUT2D eigenvalue weighted by Gasteiger charge is 2.32. The van der Waals surface area contributed by atoms with Crippen LogP contribution in [0.5, 0.6) is 0 Å². The van der Waals surface area contributed by atoms with E-state index < -0.39 is 12.3 Å². The summed E-state index contributed by atoms with van der Waals surface area (Å²) in [4.78, 5) is 0. The smallest absolute Gasteiger partial charge is 0.320 e. The zero-order chi connectivity index (χ0) is 34.6. The third-order valence-corrected chi connectivity index (χ3v) is 5.37. The number of fused-ring (bicyclic) bond motifs is 1. The van der Waals surface area contributed by atoms with Gasteiger partial charge < -0.3 is 5.32 Å². The number of alkyl halides is 4. The Morgan fingerprint density at radius 2 is 1.58 bits per heavy atom. The second kappa shape index (κ2) is 29.2. The average molecular weight is 612 g/mol. The van der Waals surface area contributed by atoms with Gasteiger partial charge in [-0.1, -0.05) is 79.2 Å². The summed E-state index contributed by atoms with van der Waals surface area (Å²) in [6, 6.07) is 0.242. The van der Waals surface area contributed by atoms with Crippen LogP contribution in [0.15, 0.2) is 43.0 Å². The van der Waals surface area contributed by atoms with Crippen molar-refractivity contribution in [1.29, 1.82) is 0 Å². The van der Waals surface area contributed by atoms with Crippen LogP contribution < -0.4 is 5.32 Å². The number of halogens is 4. The van der Waals surface area contributed by atoms with Gasteiger partial charge in [-0.25, -0.2) is 4.39 Å². The molecular formula is C36H61F4N3. The van der Waals surface area contributed by atoms with Crippen LogP contribution in [-0.2, 0) is 0 Å². The fourth-order valence-electron chi connectivity index (χ4n) is 3.64. The van der Waals surface area contributed by atoms with E-state index in [2.05, 4.69) is 64.1 Å². The molecule has 2 unspecified atom stereocenters. The minimum absolute atomic E-state index is 0.0361. The zero-order valence-electron chi connectivity index (χ0n) is 28.9. The van der Waals surface area contributed by atoms with E-state index in [1.807, 2.05) is 46.3 Å². The van der Waals surface area contributed by atoms with Crippen molar-refractivity contribution < 1.29 is 17.6 Å². The Morgan fingerprint density at radius 1 is 1.09 bits per heavy atom. The highest BCUT2D eigenvalue weighted by Crippen LogP contribution is 2.30. The first-order valence-electron chi connectivity index (χ1n) is 15.4. The molecule has 1 heterocycles. The van der Waals surface area contributed by atoms with Crippen molar-refractivity contribution in [1.82, 2.24) is 15.1 Å². The Hall–Kier alpha value is -2.85. The summed E-state index contributed by atoms with van der Waals surface area (Å²) in [6.07, 6.45) is 16.5. The van der Waals surface area contributed by atoms with E-state index in [-0.39, 0.29) is 24.0 Å². The SMILES string of the molecule is C#C.C=C(C)c1nn(C(C)C)c2c1C=CC(F)C=C2.C=CC.CC.CCC.CCCC(/C=C(/CC)C(F)(F)F)CCNC. The number of rotatable bonds is 9. The molecule has 43 heavy (non-hydrogen) atoms. The summed E-state index contributed by atoms with van der Waals surface area (Å²) < 4.78 is 52.9. The fourth-order valence-corrected chi connectivity index (χ4v) is 3.64. The maximum atomic E-state index is 13.3. The monoisotopic (exact) mass is 611 g/mol. The quantitative estimate of drug-likeness (QED) is 0.171. The van der Waals surface area contributed by atoms with Crippen LogP contribution >= 0.6 is 0 Å². The van der Waals surface area contributed by atoms with Crippen LogP contribution in [0.25, 0.3) is 17.7 Å². The van der Waals surface area contributed by atoms with Crippen LogP contribution in [0, 0.1) is 18.8 Å². The van der Waals surface area contributed by atoms with Crippen molar-refractivity contribution in [3.8, 4) is 12.8 Å². The van der Waals surface area contributed by atoms with Gasteiger partial charge >= 0.3 is 6.18 Å². The molecule has 0 saturated carbocycles. The Labute approximate surface area is 262 Å². The van der Waals surface area contributed by atoms with Crippen molar-refractivity contribution in [2.45, 2.75) is 120 Å². The molecule has 0 bridgehead atoms. The predicted octanol–water partition coefficient (Wildman–Crippen LogP) is 11.7. The van der Waals surface area contributed by atoms with Gasteiger partial charge in [0, 0.05) is 17.2 Å². The largest absolute Gasteiger partial charge is 0.412 e. The van der Waals surface area contributed by atoms with Crippen molar-refractivity contribution in [3.63, 3.8) is 0 Å². The molecule has 1 aliphatic carbocycles. The highest BCUT2D eigenvalue weighted by atomic mass is 19.4. The Bertz CT molecular complexity index is 948. The summed E-state index contributed by atoms with van der Waals surface area (Å²) in [6.45, 7) is 27.8. The molecule has 3 nitrogen and oxygen atoms in total. The van der Waals surface area contributed by atoms with E-state index in [1.54, 1.807) is 37.3 Å². The normalized spacial score (nSPS) is 13.8. The van der Waals surface area contributed by atoms with Gasteiger partial charge in [-0.05, 0) is 90.3 Å². The Balaban J connectivity index is -0.000000272. The van der Waals surface area contributed by atoms with Crippen LogP contribution in [0.3, 0.4) is 0 Å². The second-order valence-corrected chi connectivity index (χ2v) is 9.73. The van der Waals surface area contributed by atoms with Crippen LogP contribution in [0.2, 0.25) is 0 Å². The van der Waals surface area contributed by atoms with Crippen molar-refractivity contribution in [3.05, 3.63) is 60.0 Å². The van der Waals surface area contributed by atoms with Gasteiger partial charge in [0.2, 0.25) is 0 Å². The molecule has 1 N–H and O–H groups in total. The van der Waals surface area contributed by atoms with Gasteiger partial charge in [-0.2, -0.15) is 18.3 Å². The summed E-state index contributed by atoms with van der Waals surface area (Å²) in [5.74, 6) is 0.0361. The first-order chi connectivity index (χ1) is 20.3. The van der Waals surface area contributed by atoms with Gasteiger partial charge in [-0.3, -0.25) is 4.68 Å². The molecular weight excluding hydrogens is 550 g/mol. The number of hydrogen-bond acceptors (Lipinski definition) is 2. The maximum Gasteiger partial charge on any atom is 0.412 e. The fraction of sp³-hybridized carbons (Fsp3) is 0.583. The third-order valence-electron chi connectivity index (χ3n) is 5.37. The molecule has 2 atom stereocenters. The topological polar surface area (TPSA) is 29.9 Å². The minimum atomic E-state index is -4.17. The molecule has 1 aromatic rings. The van der Waals surface area contributed by atoms with E-state index in [9.17, 15) is 17.6 Å². The molecule has 248 valence electrons. The molecule has 1 aliphatic rings. The van der Waals surface area contributed by atoms with Gasteiger partial charge in [-0.15, -0.1) is 19.4 Å². The first kappa shape index (κ1) is 47.1. The summed E-state index contributed by atoms with van der Waals surface area (Å²) in [5.41, 5.74) is 3.28. The lowest BCUT2D eigenvalue weighted by Crippen LogP contribution is -2.16. The molecule has 0 aliphatic heterocycles. The Kier molecular flexibility index (Phi) is 32.0. The summed E-state index contributed by atoms with van der Waals surface area (Å²) in [7, 11) is 1.82. The second-order valence-electron chi connectivity index (χ2n) is 9.73. The molecule has 0 amide bonds. The summed E-state index contributed by atoms with van der Waals surface area (Å²) in [5, 5.41) is 7.53. The standard InChI is InChI=1S/C14H17FN2.C12H22F3N.C3H8.C3H6.C2H6.C2H2/c1-9(2)14-12-7-5-11(15)6-8-13(12)17(16-14)10(3)4;1-4-6-10(7-8-16-3)9-11(5-2)12(13,14)15;2*1-3-2;2*1-2/h5-8,10-11H,1H2,2-4H3;9-10,16H,4-8H2,1-3H3;3H2,1-2H3;3H,1H2,2H3;1-2H3;1-2H/b;11-9-;;;;. The van der Waals surface area contributed by atoms with Crippen molar-refractivity contribution in [2.75, 3.05) is 13.6 Å². The number of aromatic nitrogens is 2. The van der Waals surface area contributed by atoms with E-state index in [0.29, 0.717) is 0 Å². The Morgan fingerprint density at radius 3 is 1.95 bits per heavy atom. The summed E-state index contributed by atoms with van der Waals surface area (Å²) >= 11 is 0. The minimum Gasteiger partial charge on any atom is -0.320 e. The number of nitrogens with zero attached hydrogens (tertiary/aromatic N) is 2. The van der Waals surface area contributed by atoms with Gasteiger partial charge in [0.15, 0.2) is 0 Å². The van der Waals surface area contributed by atoms with Crippen LogP contribution in [0.4, 0.5) is 17.6 Å². The number of allylic oxidation sites excluding steroid dienone is 6. The van der Waals surface area contributed by atoms with Gasteiger partial charge in [0.25, 0.3) is 0 Å². The lowest BCUT2D eigenvalue weighted by molar-refractivity contribution is -0.0941. The van der Waals surface area contributed by atoms with Crippen molar-refractivity contribution >= 4 is 17.7 Å². The highest BCUT2D eigenvalue weighted by molar-refractivity contribution is 5.76. The van der Waals surface area contributed by atoms with E-state index in [0.717, 1.165) is 48.3 Å². The molecule has 0 radical (unpaired) electrons. The average Bonchev–Trinajstić information content (AvgIpc) is 3.23. The lowest BCUT2D eigenvalue weighted by Gasteiger charge is -2.16. The third kappa shape index (κ3) is 21.5. The predicted molar refractivity (Wildman–Crippen MR) is 185 cm³/mol. The van der Waals surface area contributed by atoms with Crippen LogP contribution in [-0.4, -0.2) is 35.7 Å². The molecule has 2 rings (SSSR count). The lowest BCUT2D eigenvalue weighted by atomic mass is 9.96. The van der Waals surface area contributed by atoms with E-state index in [4.69, 9.17) is 0 Å². The zero-order valence-corrected chi connectivity index (χ0v) is 28.9. The first-order valence-corrected chi connectivity index (χ1v) is 15.4. The van der Waals surface area contributed by atoms with E-state index >= 15 is 0 Å². The molecule has 0 saturated heterocycles. The number of hydrogen-bond donors (Lipinski definition) is 1. The molecule has 0 fully saturated rings. The maximum absolute atomic E-state index is 13.3. The van der Waals surface area contributed by atoms with Gasteiger partial charge in [0.05, 0.1) is 11.4 Å². The molecule has 0 spiro atoms. The van der Waals surface area contributed by atoms with Crippen LogP contribution in [0.1, 0.15) is 124 Å². The molecule has 0 aromatic carbocycles.